The molecule has 1 N–H and O–H groups in total. The normalized spacial score (nSPS) is 24.0. The second kappa shape index (κ2) is 5.83. The lowest BCUT2D eigenvalue weighted by Gasteiger charge is -2.38. The first-order valence-electron chi connectivity index (χ1n) is 5.98. The Morgan fingerprint density at radius 2 is 2.00 bits per heavy atom. The summed E-state index contributed by atoms with van der Waals surface area (Å²) in [7, 11) is 3.98. The summed E-state index contributed by atoms with van der Waals surface area (Å²) < 4.78 is 5.22. The molecule has 15 heavy (non-hydrogen) atoms. The third kappa shape index (κ3) is 4.49. The molecule has 1 rings (SSSR count). The van der Waals surface area contributed by atoms with Crippen LogP contribution in [-0.2, 0) is 4.74 Å². The summed E-state index contributed by atoms with van der Waals surface area (Å²) >= 11 is 0. The molecule has 0 radical (unpaired) electrons. The SMILES string of the molecule is COC(C)CNCC1(C)CCN(C)CC1. The number of methoxy groups -OCH3 is 1. The predicted octanol–water partition coefficient (Wildman–Crippen LogP) is 1.34. The van der Waals surface area contributed by atoms with Crippen LogP contribution in [0.25, 0.3) is 0 Å². The molecule has 1 unspecified atom stereocenters. The number of rotatable bonds is 5. The van der Waals surface area contributed by atoms with E-state index in [1.54, 1.807) is 7.11 Å². The number of hydrogen-bond acceptors (Lipinski definition) is 3. The molecule has 1 aliphatic rings. The van der Waals surface area contributed by atoms with E-state index < -0.39 is 0 Å². The van der Waals surface area contributed by atoms with Gasteiger partial charge in [0, 0.05) is 20.2 Å². The summed E-state index contributed by atoms with van der Waals surface area (Å²) in [5.74, 6) is 0. The molecule has 0 saturated carbocycles. The molecular formula is C12H26N2O. The standard InChI is InChI=1S/C12H26N2O/c1-11(15-4)9-13-10-12(2)5-7-14(3)8-6-12/h11,13H,5-10H2,1-4H3. The van der Waals surface area contributed by atoms with Crippen LogP contribution in [0.2, 0.25) is 0 Å². The average molecular weight is 214 g/mol. The van der Waals surface area contributed by atoms with Gasteiger partial charge in [-0.3, -0.25) is 0 Å². The number of piperidine rings is 1. The first-order chi connectivity index (χ1) is 7.06. The molecule has 90 valence electrons. The molecule has 3 nitrogen and oxygen atoms in total. The molecule has 0 aromatic heterocycles. The molecule has 1 saturated heterocycles. The fraction of sp³-hybridized carbons (Fsp3) is 1.00. The fourth-order valence-electron chi connectivity index (χ4n) is 2.00. The molecule has 0 spiro atoms. The number of likely N-dealkylation sites (tertiary alicyclic amines) is 1. The zero-order valence-electron chi connectivity index (χ0n) is 10.7. The molecule has 3 heteroatoms. The number of ether oxygens (including phenoxy) is 1. The Morgan fingerprint density at radius 3 is 2.53 bits per heavy atom. The van der Waals surface area contributed by atoms with Gasteiger partial charge in [0.2, 0.25) is 0 Å². The highest BCUT2D eigenvalue weighted by Crippen LogP contribution is 2.29. The Balaban J connectivity index is 2.19. The van der Waals surface area contributed by atoms with Gasteiger partial charge in [0.25, 0.3) is 0 Å². The molecule has 0 bridgehead atoms. The van der Waals surface area contributed by atoms with Crippen LogP contribution in [-0.4, -0.2) is 51.3 Å². The van der Waals surface area contributed by atoms with Gasteiger partial charge in [0.1, 0.15) is 0 Å². The van der Waals surface area contributed by atoms with Gasteiger partial charge in [0.05, 0.1) is 6.10 Å². The third-order valence-electron chi connectivity index (χ3n) is 3.58. The van der Waals surface area contributed by atoms with Crippen LogP contribution in [0, 0.1) is 5.41 Å². The maximum Gasteiger partial charge on any atom is 0.0667 e. The van der Waals surface area contributed by atoms with E-state index in [9.17, 15) is 0 Å². The highest BCUT2D eigenvalue weighted by atomic mass is 16.5. The van der Waals surface area contributed by atoms with Gasteiger partial charge in [-0.15, -0.1) is 0 Å². The van der Waals surface area contributed by atoms with E-state index in [4.69, 9.17) is 4.74 Å². The number of nitrogens with zero attached hydrogens (tertiary/aromatic N) is 1. The van der Waals surface area contributed by atoms with Crippen LogP contribution < -0.4 is 5.32 Å². The van der Waals surface area contributed by atoms with E-state index in [-0.39, 0.29) is 0 Å². The zero-order valence-corrected chi connectivity index (χ0v) is 10.7. The number of hydrogen-bond donors (Lipinski definition) is 1. The summed E-state index contributed by atoms with van der Waals surface area (Å²) in [5, 5.41) is 3.52. The molecule has 0 aromatic carbocycles. The van der Waals surface area contributed by atoms with Gasteiger partial charge in [-0.25, -0.2) is 0 Å². The maximum absolute atomic E-state index is 5.22. The predicted molar refractivity (Wildman–Crippen MR) is 64.2 cm³/mol. The van der Waals surface area contributed by atoms with Crippen molar-refractivity contribution in [2.75, 3.05) is 40.3 Å². The van der Waals surface area contributed by atoms with E-state index in [1.165, 1.54) is 25.9 Å². The van der Waals surface area contributed by atoms with Crippen LogP contribution in [0.15, 0.2) is 0 Å². The van der Waals surface area contributed by atoms with Gasteiger partial charge < -0.3 is 15.0 Å². The quantitative estimate of drug-likeness (QED) is 0.747. The Morgan fingerprint density at radius 1 is 1.40 bits per heavy atom. The summed E-state index contributed by atoms with van der Waals surface area (Å²) in [6.45, 7) is 9.04. The molecule has 0 amide bonds. The first kappa shape index (κ1) is 12.9. The second-order valence-corrected chi connectivity index (χ2v) is 5.29. The van der Waals surface area contributed by atoms with Crippen molar-refractivity contribution in [3.8, 4) is 0 Å². The maximum atomic E-state index is 5.22. The van der Waals surface area contributed by atoms with Crippen molar-refractivity contribution in [1.82, 2.24) is 10.2 Å². The van der Waals surface area contributed by atoms with Gasteiger partial charge in [-0.2, -0.15) is 0 Å². The van der Waals surface area contributed by atoms with Crippen molar-refractivity contribution in [2.45, 2.75) is 32.8 Å². The van der Waals surface area contributed by atoms with Crippen molar-refractivity contribution in [3.05, 3.63) is 0 Å². The Labute approximate surface area is 94.2 Å². The van der Waals surface area contributed by atoms with Gasteiger partial charge in [-0.05, 0) is 45.3 Å². The van der Waals surface area contributed by atoms with Crippen LogP contribution >= 0.6 is 0 Å². The van der Waals surface area contributed by atoms with E-state index in [0.29, 0.717) is 11.5 Å². The smallest absolute Gasteiger partial charge is 0.0667 e. The Kier molecular flexibility index (Phi) is 5.03. The Hall–Kier alpha value is -0.120. The molecule has 0 aliphatic carbocycles. The van der Waals surface area contributed by atoms with E-state index in [1.807, 2.05) is 0 Å². The van der Waals surface area contributed by atoms with Crippen LogP contribution in [0.1, 0.15) is 26.7 Å². The highest BCUT2D eigenvalue weighted by molar-refractivity contribution is 4.83. The number of nitrogens with one attached hydrogen (secondary N) is 1. The van der Waals surface area contributed by atoms with Gasteiger partial charge >= 0.3 is 0 Å². The van der Waals surface area contributed by atoms with Gasteiger partial charge in [-0.1, -0.05) is 6.92 Å². The summed E-state index contributed by atoms with van der Waals surface area (Å²) in [5.41, 5.74) is 0.486. The van der Waals surface area contributed by atoms with Gasteiger partial charge in [0.15, 0.2) is 0 Å². The van der Waals surface area contributed by atoms with Crippen molar-refractivity contribution in [1.29, 1.82) is 0 Å². The zero-order chi connectivity index (χ0) is 11.3. The Bertz CT molecular complexity index is 176. The van der Waals surface area contributed by atoms with Crippen LogP contribution in [0.4, 0.5) is 0 Å². The lowest BCUT2D eigenvalue weighted by molar-refractivity contribution is 0.102. The third-order valence-corrected chi connectivity index (χ3v) is 3.58. The molecule has 1 heterocycles. The van der Waals surface area contributed by atoms with Crippen molar-refractivity contribution >= 4 is 0 Å². The molecule has 1 aliphatic heterocycles. The van der Waals surface area contributed by atoms with Crippen molar-refractivity contribution < 1.29 is 4.74 Å². The minimum Gasteiger partial charge on any atom is -0.380 e. The molecule has 1 atom stereocenters. The van der Waals surface area contributed by atoms with E-state index in [2.05, 4.69) is 31.1 Å². The topological polar surface area (TPSA) is 24.5 Å². The average Bonchev–Trinajstić information content (AvgIpc) is 2.23. The second-order valence-electron chi connectivity index (χ2n) is 5.29. The summed E-state index contributed by atoms with van der Waals surface area (Å²) in [4.78, 5) is 2.42. The highest BCUT2D eigenvalue weighted by Gasteiger charge is 2.28. The fourth-order valence-corrected chi connectivity index (χ4v) is 2.00. The van der Waals surface area contributed by atoms with Crippen LogP contribution in [0.5, 0.6) is 0 Å². The minimum absolute atomic E-state index is 0.319. The molecular weight excluding hydrogens is 188 g/mol. The summed E-state index contributed by atoms with van der Waals surface area (Å²) in [6, 6.07) is 0. The largest absolute Gasteiger partial charge is 0.380 e. The monoisotopic (exact) mass is 214 g/mol. The first-order valence-corrected chi connectivity index (χ1v) is 5.98. The van der Waals surface area contributed by atoms with E-state index >= 15 is 0 Å². The minimum atomic E-state index is 0.319. The lowest BCUT2D eigenvalue weighted by Crippen LogP contribution is -2.43. The van der Waals surface area contributed by atoms with Crippen molar-refractivity contribution in [2.24, 2.45) is 5.41 Å². The lowest BCUT2D eigenvalue weighted by atomic mass is 9.80. The molecule has 0 aromatic rings. The van der Waals surface area contributed by atoms with Crippen molar-refractivity contribution in [3.63, 3.8) is 0 Å². The molecule has 1 fully saturated rings. The summed E-state index contributed by atoms with van der Waals surface area (Å²) in [6.07, 6.45) is 2.93. The van der Waals surface area contributed by atoms with Crippen LogP contribution in [0.3, 0.4) is 0 Å². The van der Waals surface area contributed by atoms with E-state index in [0.717, 1.165) is 13.1 Å².